The Bertz CT molecular complexity index is 2080. The molecule has 2 heterocycles. The molecule has 0 bridgehead atoms. The van der Waals surface area contributed by atoms with Crippen molar-refractivity contribution in [1.29, 1.82) is 0 Å². The van der Waals surface area contributed by atoms with Crippen LogP contribution in [0.1, 0.15) is 157 Å². The minimum absolute atomic E-state index is 0.0208. The molecule has 9 rings (SSSR count). The highest BCUT2D eigenvalue weighted by Gasteiger charge is 2.52. The number of rotatable bonds is 18. The third-order valence-electron chi connectivity index (χ3n) is 17.4. The molecule has 0 amide bonds. The van der Waals surface area contributed by atoms with Crippen molar-refractivity contribution in [3.8, 4) is 0 Å². The van der Waals surface area contributed by atoms with Crippen LogP contribution in [0.25, 0.3) is 0 Å². The summed E-state index contributed by atoms with van der Waals surface area (Å²) in [4.78, 5) is 0. The average molecular weight is 1080 g/mol. The van der Waals surface area contributed by atoms with Crippen LogP contribution in [0, 0.1) is 35.5 Å². The van der Waals surface area contributed by atoms with E-state index in [1.54, 1.807) is 0 Å². The normalized spacial score (nSPS) is 25.8. The Morgan fingerprint density at radius 1 is 0.382 bits per heavy atom. The molecule has 8 nitrogen and oxygen atoms in total. The van der Waals surface area contributed by atoms with Gasteiger partial charge in [-0.15, -0.1) is 0 Å². The van der Waals surface area contributed by atoms with Gasteiger partial charge >= 0.3 is 0 Å². The zero-order valence-electron chi connectivity index (χ0n) is 47.9. The van der Waals surface area contributed by atoms with E-state index >= 15 is 0 Å². The molecule has 2 N–H and O–H groups in total. The highest BCUT2D eigenvalue weighted by atomic mass is 28.4. The molecule has 420 valence electrons. The first-order chi connectivity index (χ1) is 36.8. The van der Waals surface area contributed by atoms with Crippen molar-refractivity contribution in [3.05, 3.63) is 121 Å². The van der Waals surface area contributed by atoms with Gasteiger partial charge in [0.25, 0.3) is 16.6 Å². The zero-order chi connectivity index (χ0) is 53.7. The predicted molar refractivity (Wildman–Crippen MR) is 317 cm³/mol. The van der Waals surface area contributed by atoms with Crippen LogP contribution < -0.4 is 20.7 Å². The Morgan fingerprint density at radius 2 is 0.671 bits per heavy atom. The maximum atomic E-state index is 9.59. The van der Waals surface area contributed by atoms with E-state index in [1.165, 1.54) is 104 Å². The molecule has 5 fully saturated rings. The minimum Gasteiger partial charge on any atom is -0.407 e. The van der Waals surface area contributed by atoms with E-state index < -0.39 is 16.6 Å². The van der Waals surface area contributed by atoms with Crippen molar-refractivity contribution in [1.82, 2.24) is 0 Å². The topological polar surface area (TPSA) is 95.8 Å². The van der Waals surface area contributed by atoms with Crippen molar-refractivity contribution < 1.29 is 38.0 Å². The smallest absolute Gasteiger partial charge is 0.261 e. The highest BCUT2D eigenvalue weighted by Crippen LogP contribution is 2.40. The third-order valence-corrected chi connectivity index (χ3v) is 27.4. The summed E-state index contributed by atoms with van der Waals surface area (Å²) in [5.74, 6) is 3.37. The van der Waals surface area contributed by atoms with Gasteiger partial charge in [-0.2, -0.15) is 0 Å². The van der Waals surface area contributed by atoms with Crippen LogP contribution in [0.4, 0.5) is 0 Å². The van der Waals surface area contributed by atoms with Crippen molar-refractivity contribution >= 4 is 37.4 Å². The summed E-state index contributed by atoms with van der Waals surface area (Å²) in [7, 11) is -4.88. The molecule has 0 spiro atoms. The van der Waals surface area contributed by atoms with Gasteiger partial charge in [-0.3, -0.25) is 0 Å². The maximum absolute atomic E-state index is 9.59. The molecule has 2 aliphatic heterocycles. The summed E-state index contributed by atoms with van der Waals surface area (Å²) in [6.45, 7) is 19.7. The van der Waals surface area contributed by atoms with Gasteiger partial charge in [0.1, 0.15) is 0 Å². The summed E-state index contributed by atoms with van der Waals surface area (Å²) in [6, 6.07) is 43.7. The predicted octanol–water partition coefficient (Wildman–Crippen LogP) is 12.6. The van der Waals surface area contributed by atoms with Gasteiger partial charge in [-0.1, -0.05) is 182 Å². The van der Waals surface area contributed by atoms with E-state index in [1.807, 2.05) is 0 Å². The first-order valence-corrected chi connectivity index (χ1v) is 33.8. The summed E-state index contributed by atoms with van der Waals surface area (Å²) >= 11 is 0. The van der Waals surface area contributed by atoms with Gasteiger partial charge in [0.05, 0.1) is 13.2 Å². The Balaban J connectivity index is 0.000000176. The Morgan fingerprint density at radius 3 is 0.947 bits per heavy atom. The summed E-state index contributed by atoms with van der Waals surface area (Å²) in [5, 5.41) is 24.2. The molecule has 4 aromatic carbocycles. The second-order valence-corrected chi connectivity index (χ2v) is 33.9. The molecule has 76 heavy (non-hydrogen) atoms. The fraction of sp³-hybridized carbons (Fsp3) is 0.636. The van der Waals surface area contributed by atoms with E-state index in [0.29, 0.717) is 48.7 Å². The number of hydrogen-bond donors (Lipinski definition) is 2. The largest absolute Gasteiger partial charge is 0.407 e. The van der Waals surface area contributed by atoms with Crippen LogP contribution in [-0.2, 0) is 27.8 Å². The van der Waals surface area contributed by atoms with Gasteiger partial charge in [0.15, 0.2) is 12.6 Å². The molecule has 2 unspecified atom stereocenters. The number of aliphatic hydroxyl groups excluding tert-OH is 2. The molecule has 4 aromatic rings. The van der Waals surface area contributed by atoms with E-state index in [4.69, 9.17) is 32.9 Å². The van der Waals surface area contributed by atoms with Gasteiger partial charge in [0, 0.05) is 39.6 Å². The van der Waals surface area contributed by atoms with Crippen molar-refractivity contribution in [2.75, 3.05) is 52.9 Å². The standard InChI is InChI=1S/C29H42O3Si.C24H34O2Si.C13H24O3/c1-29(2,3)33(26-15-6-4-7-16-26,27-17-8-5-9-18-27)32-23-25-14-12-13-24(21-25)22-31-28-19-10-11-20-30-28;1-24(2,3)27(22-13-6-4-7-14-22,23-15-8-5-9-16-23)26-19-21-12-10-11-20(17-21)18-25;14-9-11-4-3-5-12(8-11)10-16-13-6-1-2-7-15-13/h4-9,15-18,24-25,28H,10-14,19-23H2,1-3H3;4-9,13-16,20-21,25H,10-12,17-19H2,1-3H3;11-14H,1-10H2/t24-,25+,28?;20-,21+;11-,12+,13?/m001/s1. The van der Waals surface area contributed by atoms with Crippen LogP contribution >= 0.6 is 0 Å². The van der Waals surface area contributed by atoms with Crippen molar-refractivity contribution in [3.63, 3.8) is 0 Å². The molecule has 2 saturated heterocycles. The van der Waals surface area contributed by atoms with Gasteiger partial charge in [0.2, 0.25) is 0 Å². The second kappa shape index (κ2) is 30.5. The van der Waals surface area contributed by atoms with Crippen LogP contribution in [0.3, 0.4) is 0 Å². The van der Waals surface area contributed by atoms with Crippen LogP contribution in [0.2, 0.25) is 10.1 Å². The molecule has 3 saturated carbocycles. The molecule has 8 atom stereocenters. The van der Waals surface area contributed by atoms with E-state index in [2.05, 4.69) is 163 Å². The fourth-order valence-electron chi connectivity index (χ4n) is 13.3. The fourth-order valence-corrected chi connectivity index (χ4v) is 22.6. The summed E-state index contributed by atoms with van der Waals surface area (Å²) in [6.07, 6.45) is 21.5. The van der Waals surface area contributed by atoms with Crippen LogP contribution in [-0.4, -0.2) is 92.3 Å². The number of benzene rings is 4. The SMILES string of the molecule is CC(C)(C)[Si](OC[C@@H]1CCC[C@H](CO)C1)(c1ccccc1)c1ccccc1.CC(C)(C)[Si](OC[C@@H]1CCC[C@H](COC2CCCCO2)C1)(c1ccccc1)c1ccccc1.OC[C@@H]1CCC[C@H](COC2CCCCO2)C1. The molecular formula is C66H100O8Si2. The number of hydrogen-bond acceptors (Lipinski definition) is 8. The quantitative estimate of drug-likeness (QED) is 0.0952. The lowest BCUT2D eigenvalue weighted by Gasteiger charge is -2.44. The summed E-state index contributed by atoms with van der Waals surface area (Å²) < 4.78 is 37.6. The van der Waals surface area contributed by atoms with Crippen molar-refractivity contribution in [2.24, 2.45) is 35.5 Å². The lowest BCUT2D eigenvalue weighted by Crippen LogP contribution is -2.67. The van der Waals surface area contributed by atoms with E-state index in [0.717, 1.165) is 71.7 Å². The summed E-state index contributed by atoms with van der Waals surface area (Å²) in [5.41, 5.74) is 0. The monoisotopic (exact) mass is 1080 g/mol. The third kappa shape index (κ3) is 17.0. The van der Waals surface area contributed by atoms with Crippen LogP contribution in [0.15, 0.2) is 121 Å². The molecule has 0 aromatic heterocycles. The molecular weight excluding hydrogens is 977 g/mol. The van der Waals surface area contributed by atoms with E-state index in [-0.39, 0.29) is 22.7 Å². The maximum Gasteiger partial charge on any atom is 0.261 e. The van der Waals surface area contributed by atoms with Gasteiger partial charge in [-0.05, 0) is 163 Å². The van der Waals surface area contributed by atoms with Crippen LogP contribution in [0.5, 0.6) is 0 Å². The first-order valence-electron chi connectivity index (χ1n) is 30.0. The van der Waals surface area contributed by atoms with Gasteiger partial charge < -0.3 is 38.0 Å². The second-order valence-electron chi connectivity index (χ2n) is 25.3. The Labute approximate surface area is 462 Å². The Kier molecular flexibility index (Phi) is 24.4. The molecule has 10 heteroatoms. The lowest BCUT2D eigenvalue weighted by molar-refractivity contribution is -0.171. The average Bonchev–Trinajstić information content (AvgIpc) is 3.49. The molecule has 3 aliphatic carbocycles. The number of aliphatic hydroxyl groups is 2. The first kappa shape index (κ1) is 60.6. The van der Waals surface area contributed by atoms with Gasteiger partial charge in [-0.25, -0.2) is 0 Å². The molecule has 0 radical (unpaired) electrons. The van der Waals surface area contributed by atoms with E-state index in [9.17, 15) is 5.11 Å². The minimum atomic E-state index is -2.45. The highest BCUT2D eigenvalue weighted by molar-refractivity contribution is 7.00. The Hall–Kier alpha value is -3.01. The lowest BCUT2D eigenvalue weighted by atomic mass is 9.82. The van der Waals surface area contributed by atoms with Crippen molar-refractivity contribution in [2.45, 2.75) is 180 Å². The molecule has 5 aliphatic rings. The number of ether oxygens (including phenoxy) is 4. The zero-order valence-corrected chi connectivity index (χ0v) is 49.9.